The van der Waals surface area contributed by atoms with Crippen LogP contribution in [0.15, 0.2) is 36.4 Å². The molecule has 0 bridgehead atoms. The molecule has 2 rings (SSSR count). The molecule has 22 heavy (non-hydrogen) atoms. The number of anilines is 2. The molecule has 4 nitrogen and oxygen atoms in total. The Morgan fingerprint density at radius 2 is 1.64 bits per heavy atom. The summed E-state index contributed by atoms with van der Waals surface area (Å²) in [6.45, 7) is 7.79. The van der Waals surface area contributed by atoms with E-state index in [1.165, 1.54) is 0 Å². The monoisotopic (exact) mass is 298 g/mol. The van der Waals surface area contributed by atoms with Gasteiger partial charge in [-0.25, -0.2) is 0 Å². The summed E-state index contributed by atoms with van der Waals surface area (Å²) in [4.78, 5) is 12.4. The summed E-state index contributed by atoms with van der Waals surface area (Å²) in [7, 11) is 0. The van der Waals surface area contributed by atoms with Gasteiger partial charge in [-0.3, -0.25) is 4.79 Å². The van der Waals surface area contributed by atoms with Crippen molar-refractivity contribution in [2.75, 3.05) is 11.1 Å². The van der Waals surface area contributed by atoms with Crippen LogP contribution in [0, 0.1) is 13.8 Å². The lowest BCUT2D eigenvalue weighted by atomic mass is 10.1. The summed E-state index contributed by atoms with van der Waals surface area (Å²) < 4.78 is 5.57. The van der Waals surface area contributed by atoms with Crippen LogP contribution >= 0.6 is 0 Å². The fourth-order valence-corrected chi connectivity index (χ4v) is 2.34. The SMILES string of the molecule is Cc1cc(N)cc(C)c1NC(=O)c1ccc(OC(C)C)cc1. The molecule has 3 N–H and O–H groups in total. The molecule has 0 saturated heterocycles. The van der Waals surface area contributed by atoms with E-state index in [-0.39, 0.29) is 12.0 Å². The second-order valence-corrected chi connectivity index (χ2v) is 5.67. The Labute approximate surface area is 131 Å². The second kappa shape index (κ2) is 6.52. The minimum Gasteiger partial charge on any atom is -0.491 e. The molecular formula is C18H22N2O2. The first-order chi connectivity index (χ1) is 10.4. The molecule has 0 aliphatic heterocycles. The van der Waals surface area contributed by atoms with E-state index in [0.29, 0.717) is 11.3 Å². The van der Waals surface area contributed by atoms with Gasteiger partial charge < -0.3 is 15.8 Å². The van der Waals surface area contributed by atoms with Gasteiger partial charge in [0, 0.05) is 16.9 Å². The molecule has 0 heterocycles. The van der Waals surface area contributed by atoms with Crippen LogP contribution < -0.4 is 15.8 Å². The van der Waals surface area contributed by atoms with Gasteiger partial charge in [0.15, 0.2) is 0 Å². The number of carbonyl (C=O) groups excluding carboxylic acids is 1. The number of hydrogen-bond acceptors (Lipinski definition) is 3. The number of benzene rings is 2. The molecular weight excluding hydrogens is 276 g/mol. The lowest BCUT2D eigenvalue weighted by molar-refractivity contribution is 0.102. The fraction of sp³-hybridized carbons (Fsp3) is 0.278. The van der Waals surface area contributed by atoms with Crippen LogP contribution in [-0.2, 0) is 0 Å². The Morgan fingerprint density at radius 3 is 2.14 bits per heavy atom. The minimum atomic E-state index is -0.146. The number of ether oxygens (including phenoxy) is 1. The van der Waals surface area contributed by atoms with Crippen molar-refractivity contribution in [3.8, 4) is 5.75 Å². The van der Waals surface area contributed by atoms with E-state index in [9.17, 15) is 4.79 Å². The zero-order valence-corrected chi connectivity index (χ0v) is 13.4. The molecule has 0 aromatic heterocycles. The largest absolute Gasteiger partial charge is 0.491 e. The van der Waals surface area contributed by atoms with Gasteiger partial charge in [-0.05, 0) is 75.2 Å². The molecule has 1 amide bonds. The molecule has 0 aliphatic rings. The molecule has 0 fully saturated rings. The summed E-state index contributed by atoms with van der Waals surface area (Å²) in [5.74, 6) is 0.610. The number of aryl methyl sites for hydroxylation is 2. The smallest absolute Gasteiger partial charge is 0.255 e. The van der Waals surface area contributed by atoms with E-state index < -0.39 is 0 Å². The number of carbonyl (C=O) groups is 1. The highest BCUT2D eigenvalue weighted by molar-refractivity contribution is 6.05. The van der Waals surface area contributed by atoms with Crippen molar-refractivity contribution in [1.29, 1.82) is 0 Å². The number of nitrogens with one attached hydrogen (secondary N) is 1. The Bertz CT molecular complexity index is 653. The number of hydrogen-bond donors (Lipinski definition) is 2. The molecule has 116 valence electrons. The van der Waals surface area contributed by atoms with Crippen molar-refractivity contribution in [1.82, 2.24) is 0 Å². The fourth-order valence-electron chi connectivity index (χ4n) is 2.34. The number of rotatable bonds is 4. The van der Waals surface area contributed by atoms with E-state index >= 15 is 0 Å². The van der Waals surface area contributed by atoms with Gasteiger partial charge in [-0.15, -0.1) is 0 Å². The van der Waals surface area contributed by atoms with Crippen molar-refractivity contribution in [2.24, 2.45) is 0 Å². The number of nitrogen functional groups attached to an aromatic ring is 1. The lowest BCUT2D eigenvalue weighted by Gasteiger charge is -2.13. The molecule has 2 aromatic rings. The number of nitrogens with two attached hydrogens (primary N) is 1. The zero-order valence-electron chi connectivity index (χ0n) is 13.4. The molecule has 0 radical (unpaired) electrons. The first kappa shape index (κ1) is 15.9. The molecule has 0 unspecified atom stereocenters. The molecule has 0 atom stereocenters. The third-order valence-electron chi connectivity index (χ3n) is 3.28. The van der Waals surface area contributed by atoms with Crippen LogP contribution in [0.2, 0.25) is 0 Å². The van der Waals surface area contributed by atoms with E-state index in [4.69, 9.17) is 10.5 Å². The van der Waals surface area contributed by atoms with Gasteiger partial charge in [0.25, 0.3) is 5.91 Å². The molecule has 0 spiro atoms. The Balaban J connectivity index is 2.16. The summed E-state index contributed by atoms with van der Waals surface area (Å²) in [6.07, 6.45) is 0.111. The van der Waals surface area contributed by atoms with E-state index in [2.05, 4.69) is 5.32 Å². The maximum atomic E-state index is 12.4. The van der Waals surface area contributed by atoms with Crippen LogP contribution in [-0.4, -0.2) is 12.0 Å². The summed E-state index contributed by atoms with van der Waals surface area (Å²) in [5, 5.41) is 2.95. The van der Waals surface area contributed by atoms with Gasteiger partial charge in [0.05, 0.1) is 6.10 Å². The standard InChI is InChI=1S/C18H22N2O2/c1-11(2)22-16-7-5-14(6-8-16)18(21)20-17-12(3)9-15(19)10-13(17)4/h5-11H,19H2,1-4H3,(H,20,21). The molecule has 0 aliphatic carbocycles. The average molecular weight is 298 g/mol. The lowest BCUT2D eigenvalue weighted by Crippen LogP contribution is -2.14. The van der Waals surface area contributed by atoms with E-state index in [1.807, 2.05) is 39.8 Å². The van der Waals surface area contributed by atoms with E-state index in [1.54, 1.807) is 24.3 Å². The van der Waals surface area contributed by atoms with Crippen LogP contribution in [0.3, 0.4) is 0 Å². The Kier molecular flexibility index (Phi) is 4.71. The highest BCUT2D eigenvalue weighted by Gasteiger charge is 2.11. The highest BCUT2D eigenvalue weighted by Crippen LogP contribution is 2.24. The summed E-state index contributed by atoms with van der Waals surface area (Å²) in [5.41, 5.74) is 9.79. The maximum absolute atomic E-state index is 12.4. The quantitative estimate of drug-likeness (QED) is 0.841. The topological polar surface area (TPSA) is 64.3 Å². The molecule has 2 aromatic carbocycles. The molecule has 4 heteroatoms. The zero-order chi connectivity index (χ0) is 16.3. The van der Waals surface area contributed by atoms with Gasteiger partial charge in [-0.2, -0.15) is 0 Å². The summed E-state index contributed by atoms with van der Waals surface area (Å²) in [6, 6.07) is 10.8. The highest BCUT2D eigenvalue weighted by atomic mass is 16.5. The van der Waals surface area contributed by atoms with Crippen LogP contribution in [0.25, 0.3) is 0 Å². The normalized spacial score (nSPS) is 10.6. The van der Waals surface area contributed by atoms with Gasteiger partial charge in [0.2, 0.25) is 0 Å². The predicted octanol–water partition coefficient (Wildman–Crippen LogP) is 3.93. The third-order valence-corrected chi connectivity index (χ3v) is 3.28. The second-order valence-electron chi connectivity index (χ2n) is 5.67. The Hall–Kier alpha value is -2.49. The van der Waals surface area contributed by atoms with Crippen LogP contribution in [0.1, 0.15) is 35.3 Å². The van der Waals surface area contributed by atoms with Gasteiger partial charge in [0.1, 0.15) is 5.75 Å². The first-order valence-corrected chi connectivity index (χ1v) is 7.31. The first-order valence-electron chi connectivity index (χ1n) is 7.31. The van der Waals surface area contributed by atoms with Gasteiger partial charge in [-0.1, -0.05) is 0 Å². The minimum absolute atomic E-state index is 0.111. The average Bonchev–Trinajstić information content (AvgIpc) is 2.42. The third kappa shape index (κ3) is 3.79. The Morgan fingerprint density at radius 1 is 1.09 bits per heavy atom. The maximum Gasteiger partial charge on any atom is 0.255 e. The van der Waals surface area contributed by atoms with Crippen LogP contribution in [0.5, 0.6) is 5.75 Å². The van der Waals surface area contributed by atoms with Crippen molar-refractivity contribution in [3.63, 3.8) is 0 Å². The van der Waals surface area contributed by atoms with Crippen LogP contribution in [0.4, 0.5) is 11.4 Å². The van der Waals surface area contributed by atoms with Crippen molar-refractivity contribution in [2.45, 2.75) is 33.8 Å². The molecule has 0 saturated carbocycles. The summed E-state index contributed by atoms with van der Waals surface area (Å²) >= 11 is 0. The van der Waals surface area contributed by atoms with Crippen molar-refractivity contribution >= 4 is 17.3 Å². The predicted molar refractivity (Wildman–Crippen MR) is 90.5 cm³/mol. The number of amides is 1. The van der Waals surface area contributed by atoms with Crippen molar-refractivity contribution < 1.29 is 9.53 Å². The van der Waals surface area contributed by atoms with Crippen molar-refractivity contribution in [3.05, 3.63) is 53.1 Å². The van der Waals surface area contributed by atoms with Gasteiger partial charge >= 0.3 is 0 Å². The van der Waals surface area contributed by atoms with E-state index in [0.717, 1.165) is 22.6 Å².